The molecule has 0 radical (unpaired) electrons. The molecule has 0 spiro atoms. The average Bonchev–Trinajstić information content (AvgIpc) is 3.49. The number of pyridine rings is 1. The molecule has 0 unspecified atom stereocenters. The maximum absolute atomic E-state index is 12.4. The number of amides is 1. The largest absolute Gasteiger partial charge is 0.350 e. The van der Waals surface area contributed by atoms with Crippen LogP contribution >= 0.6 is 11.6 Å². The Hall–Kier alpha value is -3.38. The van der Waals surface area contributed by atoms with Crippen molar-refractivity contribution in [1.29, 1.82) is 0 Å². The van der Waals surface area contributed by atoms with E-state index in [4.69, 9.17) is 11.6 Å². The van der Waals surface area contributed by atoms with Crippen LogP contribution in [0.4, 0.5) is 0 Å². The SMILES string of the molecule is O=C(NCC1CC1)c1n[nH]c2cc(-c3ccc(-n4ccccc4=O)cc3Cl)ccc12. The third-order valence-corrected chi connectivity index (χ3v) is 5.70. The van der Waals surface area contributed by atoms with Crippen molar-refractivity contribution in [2.24, 2.45) is 5.92 Å². The van der Waals surface area contributed by atoms with Gasteiger partial charge in [-0.3, -0.25) is 19.3 Å². The predicted molar refractivity (Wildman–Crippen MR) is 117 cm³/mol. The lowest BCUT2D eigenvalue weighted by atomic mass is 10.0. The van der Waals surface area contributed by atoms with E-state index in [2.05, 4.69) is 15.5 Å². The summed E-state index contributed by atoms with van der Waals surface area (Å²) in [5, 5.41) is 11.4. The lowest BCUT2D eigenvalue weighted by Gasteiger charge is -2.09. The molecule has 0 atom stereocenters. The second kappa shape index (κ2) is 7.46. The molecule has 1 fully saturated rings. The molecule has 0 saturated heterocycles. The minimum Gasteiger partial charge on any atom is -0.350 e. The number of fused-ring (bicyclic) bond motifs is 1. The number of hydrogen-bond donors (Lipinski definition) is 2. The maximum Gasteiger partial charge on any atom is 0.272 e. The van der Waals surface area contributed by atoms with Crippen LogP contribution in [0.5, 0.6) is 0 Å². The molecule has 6 nitrogen and oxygen atoms in total. The summed E-state index contributed by atoms with van der Waals surface area (Å²) in [6, 6.07) is 16.3. The van der Waals surface area contributed by atoms with E-state index >= 15 is 0 Å². The van der Waals surface area contributed by atoms with Gasteiger partial charge in [-0.25, -0.2) is 0 Å². The molecule has 1 saturated carbocycles. The second-order valence-corrected chi connectivity index (χ2v) is 7.97. The van der Waals surface area contributed by atoms with Crippen molar-refractivity contribution in [2.75, 3.05) is 6.54 Å². The van der Waals surface area contributed by atoms with Gasteiger partial charge in [-0.15, -0.1) is 0 Å². The minimum atomic E-state index is -0.156. The molecule has 2 aromatic heterocycles. The topological polar surface area (TPSA) is 79.8 Å². The van der Waals surface area contributed by atoms with Crippen LogP contribution in [0.15, 0.2) is 65.6 Å². The first-order valence-electron chi connectivity index (χ1n) is 9.84. The first-order valence-corrected chi connectivity index (χ1v) is 10.2. The summed E-state index contributed by atoms with van der Waals surface area (Å²) in [6.07, 6.45) is 4.08. The van der Waals surface area contributed by atoms with Gasteiger partial charge in [0.25, 0.3) is 11.5 Å². The molecule has 150 valence electrons. The van der Waals surface area contributed by atoms with E-state index in [1.165, 1.54) is 18.9 Å². The number of nitrogens with one attached hydrogen (secondary N) is 2. The third-order valence-electron chi connectivity index (χ3n) is 5.39. The zero-order valence-corrected chi connectivity index (χ0v) is 16.8. The van der Waals surface area contributed by atoms with Crippen LogP contribution in [0.25, 0.3) is 27.7 Å². The van der Waals surface area contributed by atoms with Crippen LogP contribution < -0.4 is 10.9 Å². The quantitative estimate of drug-likeness (QED) is 0.510. The fraction of sp³-hybridized carbons (Fsp3) is 0.174. The van der Waals surface area contributed by atoms with Crippen molar-refractivity contribution < 1.29 is 4.79 Å². The van der Waals surface area contributed by atoms with Crippen LogP contribution in [0.1, 0.15) is 23.3 Å². The van der Waals surface area contributed by atoms with Crippen molar-refractivity contribution in [3.8, 4) is 16.8 Å². The molecule has 2 N–H and O–H groups in total. The van der Waals surface area contributed by atoms with Gasteiger partial charge in [-0.2, -0.15) is 5.10 Å². The molecule has 0 bridgehead atoms. The number of rotatable bonds is 5. The van der Waals surface area contributed by atoms with Gasteiger partial charge >= 0.3 is 0 Å². The zero-order chi connectivity index (χ0) is 20.7. The Kier molecular flexibility index (Phi) is 4.64. The van der Waals surface area contributed by atoms with Crippen molar-refractivity contribution in [1.82, 2.24) is 20.1 Å². The Morgan fingerprint density at radius 2 is 2.03 bits per heavy atom. The first kappa shape index (κ1) is 18.6. The number of aromatic nitrogens is 3. The summed E-state index contributed by atoms with van der Waals surface area (Å²) in [6.45, 7) is 0.706. The van der Waals surface area contributed by atoms with E-state index in [9.17, 15) is 9.59 Å². The number of benzene rings is 2. The van der Waals surface area contributed by atoms with Gasteiger partial charge in [0.05, 0.1) is 16.2 Å². The van der Waals surface area contributed by atoms with Crippen molar-refractivity contribution in [3.05, 3.63) is 81.9 Å². The predicted octanol–water partition coefficient (Wildman–Crippen LogP) is 4.17. The lowest BCUT2D eigenvalue weighted by molar-refractivity contribution is 0.0948. The normalized spacial score (nSPS) is 13.5. The number of hydrogen-bond acceptors (Lipinski definition) is 3. The molecule has 2 aromatic carbocycles. The Labute approximate surface area is 177 Å². The molecule has 1 aliphatic rings. The number of H-pyrrole nitrogens is 1. The van der Waals surface area contributed by atoms with Crippen LogP contribution in [-0.2, 0) is 0 Å². The molecular formula is C23H19ClN4O2. The van der Waals surface area contributed by atoms with Crippen LogP contribution in [-0.4, -0.2) is 27.2 Å². The number of aromatic amines is 1. The van der Waals surface area contributed by atoms with E-state index in [0.717, 1.165) is 22.0 Å². The summed E-state index contributed by atoms with van der Waals surface area (Å²) in [7, 11) is 0. The molecular weight excluding hydrogens is 400 g/mol. The average molecular weight is 419 g/mol. The molecule has 2 heterocycles. The minimum absolute atomic E-state index is 0.118. The molecule has 30 heavy (non-hydrogen) atoms. The zero-order valence-electron chi connectivity index (χ0n) is 16.1. The van der Waals surface area contributed by atoms with Gasteiger partial charge in [0.2, 0.25) is 0 Å². The van der Waals surface area contributed by atoms with E-state index in [0.29, 0.717) is 28.9 Å². The smallest absolute Gasteiger partial charge is 0.272 e. The van der Waals surface area contributed by atoms with Crippen LogP contribution in [0, 0.1) is 5.92 Å². The first-order chi connectivity index (χ1) is 14.6. The molecule has 1 aliphatic carbocycles. The highest BCUT2D eigenvalue weighted by molar-refractivity contribution is 6.33. The van der Waals surface area contributed by atoms with Crippen LogP contribution in [0.2, 0.25) is 5.02 Å². The fourth-order valence-electron chi connectivity index (χ4n) is 3.53. The Bertz CT molecular complexity index is 1320. The van der Waals surface area contributed by atoms with Gasteiger partial charge in [0.1, 0.15) is 0 Å². The van der Waals surface area contributed by atoms with E-state index in [1.54, 1.807) is 29.0 Å². The third kappa shape index (κ3) is 3.50. The standard InChI is InChI=1S/C23H19ClN4O2/c24-19-12-16(28-10-2-1-3-21(28)29)7-9-17(19)15-6-8-18-20(11-15)26-27-22(18)23(30)25-13-14-4-5-14/h1-3,6-12,14H,4-5,13H2,(H,25,30)(H,26,27). The van der Waals surface area contributed by atoms with Crippen molar-refractivity contribution >= 4 is 28.4 Å². The molecule has 0 aliphatic heterocycles. The number of halogens is 1. The summed E-state index contributed by atoms with van der Waals surface area (Å²) >= 11 is 6.54. The summed E-state index contributed by atoms with van der Waals surface area (Å²) < 4.78 is 1.54. The van der Waals surface area contributed by atoms with Gasteiger partial charge in [0.15, 0.2) is 5.69 Å². The lowest BCUT2D eigenvalue weighted by Crippen LogP contribution is -2.26. The molecule has 4 aromatic rings. The van der Waals surface area contributed by atoms with Crippen molar-refractivity contribution in [2.45, 2.75) is 12.8 Å². The molecule has 7 heteroatoms. The summed E-state index contributed by atoms with van der Waals surface area (Å²) in [5.74, 6) is 0.458. The van der Waals surface area contributed by atoms with E-state index in [1.807, 2.05) is 30.3 Å². The van der Waals surface area contributed by atoms with Crippen molar-refractivity contribution in [3.63, 3.8) is 0 Å². The van der Waals surface area contributed by atoms with Gasteiger partial charge in [0, 0.05) is 29.8 Å². The number of nitrogens with zero attached hydrogens (tertiary/aromatic N) is 2. The monoisotopic (exact) mass is 418 g/mol. The molecule has 5 rings (SSSR count). The fourth-order valence-corrected chi connectivity index (χ4v) is 3.82. The van der Waals surface area contributed by atoms with E-state index < -0.39 is 0 Å². The van der Waals surface area contributed by atoms with Gasteiger partial charge < -0.3 is 5.32 Å². The Morgan fingerprint density at radius 3 is 2.80 bits per heavy atom. The molecule has 1 amide bonds. The van der Waals surface area contributed by atoms with Gasteiger partial charge in [-0.05, 0) is 54.7 Å². The summed E-state index contributed by atoms with van der Waals surface area (Å²) in [4.78, 5) is 24.5. The number of carbonyl (C=O) groups excluding carboxylic acids is 1. The van der Waals surface area contributed by atoms with E-state index in [-0.39, 0.29) is 11.5 Å². The Morgan fingerprint density at radius 1 is 1.17 bits per heavy atom. The highest BCUT2D eigenvalue weighted by Gasteiger charge is 2.23. The second-order valence-electron chi connectivity index (χ2n) is 7.56. The highest BCUT2D eigenvalue weighted by Crippen LogP contribution is 2.32. The highest BCUT2D eigenvalue weighted by atomic mass is 35.5. The summed E-state index contributed by atoms with van der Waals surface area (Å²) in [5.41, 5.74) is 3.48. The van der Waals surface area contributed by atoms with Gasteiger partial charge in [-0.1, -0.05) is 29.8 Å². The van der Waals surface area contributed by atoms with Crippen LogP contribution in [0.3, 0.4) is 0 Å². The maximum atomic E-state index is 12.4. The Balaban J connectivity index is 1.45. The number of carbonyl (C=O) groups is 1.